The third kappa shape index (κ3) is 4.89. The maximum atomic E-state index is 12.5. The second-order valence-electron chi connectivity index (χ2n) is 7.17. The zero-order valence-electron chi connectivity index (χ0n) is 16.9. The van der Waals surface area contributed by atoms with Gasteiger partial charge in [0.1, 0.15) is 23.9 Å². The molecular formula is C23H24ClN3O3. The van der Waals surface area contributed by atoms with Gasteiger partial charge in [-0.25, -0.2) is 0 Å². The number of pyridine rings is 1. The summed E-state index contributed by atoms with van der Waals surface area (Å²) in [5.41, 5.74) is 7.46. The number of ether oxygens (including phenoxy) is 1. The van der Waals surface area contributed by atoms with Crippen molar-refractivity contribution in [3.05, 3.63) is 70.9 Å². The molecule has 0 fully saturated rings. The Morgan fingerprint density at radius 2 is 1.90 bits per heavy atom. The number of hydrogen-bond acceptors (Lipinski definition) is 4. The summed E-state index contributed by atoms with van der Waals surface area (Å²) in [7, 11) is 0. The van der Waals surface area contributed by atoms with Crippen LogP contribution in [0.15, 0.2) is 54.7 Å². The van der Waals surface area contributed by atoms with E-state index in [9.17, 15) is 9.59 Å². The maximum Gasteiger partial charge on any atom is 0.251 e. The van der Waals surface area contributed by atoms with E-state index in [2.05, 4.69) is 10.3 Å². The molecule has 1 aromatic heterocycles. The highest BCUT2D eigenvalue weighted by Crippen LogP contribution is 2.30. The summed E-state index contributed by atoms with van der Waals surface area (Å²) >= 11 is 6.22. The van der Waals surface area contributed by atoms with Gasteiger partial charge in [0, 0.05) is 17.1 Å². The van der Waals surface area contributed by atoms with Crippen molar-refractivity contribution in [2.45, 2.75) is 32.9 Å². The smallest absolute Gasteiger partial charge is 0.251 e. The predicted molar refractivity (Wildman–Crippen MR) is 117 cm³/mol. The molecule has 2 unspecified atom stereocenters. The average molecular weight is 426 g/mol. The summed E-state index contributed by atoms with van der Waals surface area (Å²) < 4.78 is 5.92. The predicted octanol–water partition coefficient (Wildman–Crippen LogP) is 4.10. The number of fused-ring (bicyclic) bond motifs is 1. The first-order valence-corrected chi connectivity index (χ1v) is 10.1. The fraction of sp³-hybridized carbons (Fsp3) is 0.261. The summed E-state index contributed by atoms with van der Waals surface area (Å²) in [5.74, 6) is -0.275. The number of nitrogens with two attached hydrogens (primary N) is 1. The van der Waals surface area contributed by atoms with Crippen LogP contribution in [0.4, 0.5) is 0 Å². The molecule has 0 aliphatic carbocycles. The van der Waals surface area contributed by atoms with Crippen molar-refractivity contribution >= 4 is 34.3 Å². The number of halogens is 1. The second kappa shape index (κ2) is 9.59. The van der Waals surface area contributed by atoms with Gasteiger partial charge < -0.3 is 15.8 Å². The van der Waals surface area contributed by atoms with Crippen molar-refractivity contribution in [2.75, 3.05) is 0 Å². The molecule has 0 bridgehead atoms. The molecule has 30 heavy (non-hydrogen) atoms. The Kier molecular flexibility index (Phi) is 6.90. The number of nitrogens with zero attached hydrogens (tertiary/aromatic N) is 1. The number of benzene rings is 2. The van der Waals surface area contributed by atoms with Crippen molar-refractivity contribution in [1.82, 2.24) is 10.3 Å². The highest BCUT2D eigenvalue weighted by Gasteiger charge is 2.24. The van der Waals surface area contributed by atoms with Crippen LogP contribution in [-0.2, 0) is 11.4 Å². The van der Waals surface area contributed by atoms with E-state index in [1.54, 1.807) is 30.5 Å². The lowest BCUT2D eigenvalue weighted by Crippen LogP contribution is -2.48. The van der Waals surface area contributed by atoms with Gasteiger partial charge in [-0.2, -0.15) is 0 Å². The Morgan fingerprint density at radius 3 is 2.57 bits per heavy atom. The molecule has 6 nitrogen and oxygen atoms in total. The molecule has 3 aromatic rings. The molecule has 0 spiro atoms. The van der Waals surface area contributed by atoms with Gasteiger partial charge in [-0.15, -0.1) is 0 Å². The summed E-state index contributed by atoms with van der Waals surface area (Å²) in [6.45, 7) is 4.14. The van der Waals surface area contributed by atoms with Crippen LogP contribution >= 0.6 is 11.6 Å². The second-order valence-corrected chi connectivity index (χ2v) is 7.58. The number of amides is 2. The molecule has 1 heterocycles. The molecule has 0 aliphatic rings. The molecule has 0 radical (unpaired) electrons. The van der Waals surface area contributed by atoms with Crippen LogP contribution < -0.4 is 15.8 Å². The van der Waals surface area contributed by atoms with E-state index in [4.69, 9.17) is 22.1 Å². The molecule has 7 heteroatoms. The molecule has 2 amide bonds. The third-order valence-corrected chi connectivity index (χ3v) is 5.43. The van der Waals surface area contributed by atoms with Crippen LogP contribution in [0.2, 0.25) is 5.02 Å². The van der Waals surface area contributed by atoms with E-state index < -0.39 is 11.9 Å². The number of rotatable bonds is 8. The Balaban J connectivity index is 1.67. The first-order chi connectivity index (χ1) is 14.4. The van der Waals surface area contributed by atoms with Crippen LogP contribution in [0.1, 0.15) is 36.2 Å². The van der Waals surface area contributed by atoms with Crippen molar-refractivity contribution in [3.8, 4) is 5.75 Å². The molecule has 2 atom stereocenters. The number of hydrogen-bond donors (Lipinski definition) is 2. The van der Waals surface area contributed by atoms with Crippen LogP contribution in [0.5, 0.6) is 5.75 Å². The highest BCUT2D eigenvalue weighted by atomic mass is 35.5. The van der Waals surface area contributed by atoms with Gasteiger partial charge in [-0.1, -0.05) is 44.0 Å². The fourth-order valence-corrected chi connectivity index (χ4v) is 3.31. The molecule has 156 valence electrons. The lowest BCUT2D eigenvalue weighted by atomic mass is 9.98. The van der Waals surface area contributed by atoms with Crippen molar-refractivity contribution in [2.24, 2.45) is 11.7 Å². The molecule has 3 N–H and O–H groups in total. The van der Waals surface area contributed by atoms with Crippen molar-refractivity contribution < 1.29 is 14.3 Å². The number of aromatic nitrogens is 1. The highest BCUT2D eigenvalue weighted by molar-refractivity contribution is 6.35. The van der Waals surface area contributed by atoms with Gasteiger partial charge in [0.2, 0.25) is 5.91 Å². The lowest BCUT2D eigenvalue weighted by Gasteiger charge is -2.21. The van der Waals surface area contributed by atoms with Crippen LogP contribution in [0, 0.1) is 5.92 Å². The molecule has 3 rings (SSSR count). The summed E-state index contributed by atoms with van der Waals surface area (Å²) in [6.07, 6.45) is 2.43. The molecule has 2 aromatic carbocycles. The summed E-state index contributed by atoms with van der Waals surface area (Å²) in [6, 6.07) is 13.6. The average Bonchev–Trinajstić information content (AvgIpc) is 2.76. The minimum atomic E-state index is -0.698. The van der Waals surface area contributed by atoms with E-state index in [0.29, 0.717) is 28.5 Å². The van der Waals surface area contributed by atoms with E-state index in [1.165, 1.54) is 0 Å². The zero-order valence-corrected chi connectivity index (χ0v) is 17.6. The third-order valence-electron chi connectivity index (χ3n) is 5.10. The normalized spacial score (nSPS) is 12.9. The van der Waals surface area contributed by atoms with E-state index >= 15 is 0 Å². The SMILES string of the molecule is CCC(C)C(NC(=O)c1ccc(COc2ccc(Cl)c3cccnc23)cc1)C(N)=O. The Morgan fingerprint density at radius 1 is 1.17 bits per heavy atom. The standard InChI is InChI=1S/C23H24ClN3O3/c1-3-14(2)20(22(25)28)27-23(29)16-8-6-15(7-9-16)13-30-19-11-10-18(24)17-5-4-12-26-21(17)19/h4-12,14,20H,3,13H2,1-2H3,(H2,25,28)(H,27,29). The zero-order chi connectivity index (χ0) is 21.7. The number of primary amides is 1. The van der Waals surface area contributed by atoms with E-state index in [1.807, 2.05) is 38.1 Å². The summed E-state index contributed by atoms with van der Waals surface area (Å²) in [4.78, 5) is 28.5. The van der Waals surface area contributed by atoms with Gasteiger partial charge in [-0.3, -0.25) is 14.6 Å². The van der Waals surface area contributed by atoms with Gasteiger partial charge in [-0.05, 0) is 47.9 Å². The maximum absolute atomic E-state index is 12.5. The Hall–Kier alpha value is -3.12. The van der Waals surface area contributed by atoms with Gasteiger partial charge in [0.05, 0.1) is 5.02 Å². The molecule has 0 saturated heterocycles. The quantitative estimate of drug-likeness (QED) is 0.568. The monoisotopic (exact) mass is 425 g/mol. The fourth-order valence-electron chi connectivity index (χ4n) is 3.10. The molecular weight excluding hydrogens is 402 g/mol. The number of nitrogens with one attached hydrogen (secondary N) is 1. The number of carbonyl (C=O) groups is 2. The van der Waals surface area contributed by atoms with Crippen LogP contribution in [0.25, 0.3) is 10.9 Å². The summed E-state index contributed by atoms with van der Waals surface area (Å²) in [5, 5.41) is 4.17. The van der Waals surface area contributed by atoms with Gasteiger partial charge in [0.15, 0.2) is 0 Å². The first-order valence-electron chi connectivity index (χ1n) is 9.75. The number of carbonyl (C=O) groups excluding carboxylic acids is 2. The van der Waals surface area contributed by atoms with Crippen molar-refractivity contribution in [1.29, 1.82) is 0 Å². The van der Waals surface area contributed by atoms with Crippen LogP contribution in [-0.4, -0.2) is 22.8 Å². The topological polar surface area (TPSA) is 94.3 Å². The van der Waals surface area contributed by atoms with Gasteiger partial charge >= 0.3 is 0 Å². The van der Waals surface area contributed by atoms with Gasteiger partial charge in [0.25, 0.3) is 5.91 Å². The minimum Gasteiger partial charge on any atom is -0.487 e. The van der Waals surface area contributed by atoms with Crippen molar-refractivity contribution in [3.63, 3.8) is 0 Å². The largest absolute Gasteiger partial charge is 0.487 e. The molecule has 0 aliphatic heterocycles. The Bertz CT molecular complexity index is 1050. The first kappa shape index (κ1) is 21.6. The Labute approximate surface area is 180 Å². The molecule has 0 saturated carbocycles. The van der Waals surface area contributed by atoms with E-state index in [-0.39, 0.29) is 11.8 Å². The minimum absolute atomic E-state index is 0.0399. The lowest BCUT2D eigenvalue weighted by molar-refractivity contribution is -0.120. The van der Waals surface area contributed by atoms with Crippen LogP contribution in [0.3, 0.4) is 0 Å². The van der Waals surface area contributed by atoms with E-state index in [0.717, 1.165) is 17.4 Å².